The van der Waals surface area contributed by atoms with E-state index in [1.165, 1.54) is 18.0 Å². The number of carbonyl (C=O) groups is 1. The number of aromatic nitrogens is 4. The average Bonchev–Trinajstić information content (AvgIpc) is 3.45. The Morgan fingerprint density at radius 2 is 2.03 bits per heavy atom. The van der Waals surface area contributed by atoms with E-state index in [-0.39, 0.29) is 18.3 Å². The summed E-state index contributed by atoms with van der Waals surface area (Å²) in [6, 6.07) is 15.0. The van der Waals surface area contributed by atoms with Crippen LogP contribution in [0, 0.1) is 0 Å². The summed E-state index contributed by atoms with van der Waals surface area (Å²) in [5, 5.41) is 7.46. The standard InChI is InChI=1S/C22H19N5O4S/c1-13(20(28)23-10-14-7-8-17-18(9-14)31-12-30-17)32-22-25-19-16(21(29)26-22)11-24-27(19)15-5-3-2-4-6-15/h2-9,11,13H,10,12H2,1H3,(H,23,28)(H,25,26,29)/t13-/m1/s1. The number of hydrogen-bond donors (Lipinski definition) is 2. The molecule has 0 fully saturated rings. The number of carbonyl (C=O) groups excluding carboxylic acids is 1. The van der Waals surface area contributed by atoms with E-state index in [2.05, 4.69) is 20.4 Å². The number of thioether (sulfide) groups is 1. The molecule has 2 N–H and O–H groups in total. The fraction of sp³-hybridized carbons (Fsp3) is 0.182. The Labute approximate surface area is 186 Å². The van der Waals surface area contributed by atoms with Crippen molar-refractivity contribution in [3.63, 3.8) is 0 Å². The molecule has 5 rings (SSSR count). The number of amides is 1. The van der Waals surface area contributed by atoms with Crippen molar-refractivity contribution < 1.29 is 14.3 Å². The average molecular weight is 449 g/mol. The maximum absolute atomic E-state index is 12.6. The molecule has 0 unspecified atom stereocenters. The van der Waals surface area contributed by atoms with Crippen molar-refractivity contribution in [1.82, 2.24) is 25.1 Å². The summed E-state index contributed by atoms with van der Waals surface area (Å²) in [4.78, 5) is 32.4. The number of fused-ring (bicyclic) bond motifs is 2. The first kappa shape index (κ1) is 20.1. The van der Waals surface area contributed by atoms with Crippen molar-refractivity contribution >= 4 is 28.7 Å². The normalized spacial score (nSPS) is 13.3. The Morgan fingerprint density at radius 1 is 1.22 bits per heavy atom. The van der Waals surface area contributed by atoms with Crippen molar-refractivity contribution in [2.24, 2.45) is 0 Å². The molecule has 1 aliphatic heterocycles. The highest BCUT2D eigenvalue weighted by atomic mass is 32.2. The van der Waals surface area contributed by atoms with Gasteiger partial charge in [-0.3, -0.25) is 9.59 Å². The van der Waals surface area contributed by atoms with Crippen molar-refractivity contribution in [2.75, 3.05) is 6.79 Å². The largest absolute Gasteiger partial charge is 0.454 e. The number of hydrogen-bond acceptors (Lipinski definition) is 7. The molecule has 0 spiro atoms. The molecular weight excluding hydrogens is 430 g/mol. The Hall–Kier alpha value is -3.79. The molecule has 4 aromatic rings. The van der Waals surface area contributed by atoms with E-state index in [1.807, 2.05) is 48.5 Å². The minimum atomic E-state index is -0.474. The zero-order valence-corrected chi connectivity index (χ0v) is 17.9. The molecule has 0 radical (unpaired) electrons. The van der Waals surface area contributed by atoms with Crippen LogP contribution in [0.4, 0.5) is 0 Å². The molecule has 0 saturated heterocycles. The van der Waals surface area contributed by atoms with Gasteiger partial charge in [0.2, 0.25) is 12.7 Å². The monoisotopic (exact) mass is 449 g/mol. The summed E-state index contributed by atoms with van der Waals surface area (Å²) < 4.78 is 12.3. The van der Waals surface area contributed by atoms with Gasteiger partial charge in [-0.05, 0) is 36.8 Å². The van der Waals surface area contributed by atoms with Crippen LogP contribution in [0.1, 0.15) is 12.5 Å². The van der Waals surface area contributed by atoms with Crippen LogP contribution in [-0.4, -0.2) is 37.7 Å². The first-order chi connectivity index (χ1) is 15.6. The van der Waals surface area contributed by atoms with Gasteiger partial charge in [-0.25, -0.2) is 9.67 Å². The van der Waals surface area contributed by atoms with Gasteiger partial charge >= 0.3 is 0 Å². The molecule has 1 aliphatic rings. The van der Waals surface area contributed by atoms with Crippen LogP contribution in [0.3, 0.4) is 0 Å². The minimum absolute atomic E-state index is 0.174. The lowest BCUT2D eigenvalue weighted by Crippen LogP contribution is -2.30. The Morgan fingerprint density at radius 3 is 2.88 bits per heavy atom. The van der Waals surface area contributed by atoms with Gasteiger partial charge in [-0.15, -0.1) is 0 Å². The maximum Gasteiger partial charge on any atom is 0.262 e. The molecule has 10 heteroatoms. The number of nitrogens with zero attached hydrogens (tertiary/aromatic N) is 3. The van der Waals surface area contributed by atoms with Crippen LogP contribution < -0.4 is 20.3 Å². The number of nitrogens with one attached hydrogen (secondary N) is 2. The second kappa shape index (κ2) is 8.39. The second-order valence-corrected chi connectivity index (χ2v) is 8.50. The SMILES string of the molecule is C[C@@H](Sc1nc2c(cnn2-c2ccccc2)c(=O)[nH]1)C(=O)NCc1ccc2c(c1)OCO2. The van der Waals surface area contributed by atoms with Crippen molar-refractivity contribution in [2.45, 2.75) is 23.9 Å². The van der Waals surface area contributed by atoms with Crippen LogP contribution in [0.2, 0.25) is 0 Å². The molecule has 1 amide bonds. The van der Waals surface area contributed by atoms with E-state index in [1.54, 1.807) is 11.6 Å². The lowest BCUT2D eigenvalue weighted by Gasteiger charge is -2.12. The van der Waals surface area contributed by atoms with Crippen molar-refractivity contribution in [3.05, 3.63) is 70.6 Å². The molecule has 0 aliphatic carbocycles. The van der Waals surface area contributed by atoms with Crippen LogP contribution in [0.5, 0.6) is 11.5 Å². The van der Waals surface area contributed by atoms with Gasteiger partial charge in [-0.2, -0.15) is 5.10 Å². The minimum Gasteiger partial charge on any atom is -0.454 e. The summed E-state index contributed by atoms with van der Waals surface area (Å²) in [5.74, 6) is 1.19. The third kappa shape index (κ3) is 3.92. The smallest absolute Gasteiger partial charge is 0.262 e. The molecule has 0 saturated carbocycles. The van der Waals surface area contributed by atoms with E-state index in [9.17, 15) is 9.59 Å². The lowest BCUT2D eigenvalue weighted by atomic mass is 10.2. The predicted octanol–water partition coefficient (Wildman–Crippen LogP) is 2.63. The van der Waals surface area contributed by atoms with Gasteiger partial charge in [0.1, 0.15) is 5.39 Å². The Balaban J connectivity index is 1.30. The van der Waals surface area contributed by atoms with E-state index < -0.39 is 5.25 Å². The van der Waals surface area contributed by atoms with E-state index >= 15 is 0 Å². The summed E-state index contributed by atoms with van der Waals surface area (Å²) in [7, 11) is 0. The number of rotatable bonds is 6. The fourth-order valence-corrected chi connectivity index (χ4v) is 4.13. The third-order valence-electron chi connectivity index (χ3n) is 4.98. The van der Waals surface area contributed by atoms with Gasteiger partial charge < -0.3 is 19.8 Å². The van der Waals surface area contributed by atoms with Crippen molar-refractivity contribution in [3.8, 4) is 17.2 Å². The van der Waals surface area contributed by atoms with Gasteiger partial charge in [0.25, 0.3) is 5.56 Å². The zero-order chi connectivity index (χ0) is 22.1. The molecule has 9 nitrogen and oxygen atoms in total. The first-order valence-electron chi connectivity index (χ1n) is 9.95. The summed E-state index contributed by atoms with van der Waals surface area (Å²) >= 11 is 1.18. The van der Waals surface area contributed by atoms with Crippen LogP contribution in [0.15, 0.2) is 64.7 Å². The van der Waals surface area contributed by atoms with Crippen LogP contribution in [-0.2, 0) is 11.3 Å². The quantitative estimate of drug-likeness (QED) is 0.344. The molecule has 3 heterocycles. The topological polar surface area (TPSA) is 111 Å². The predicted molar refractivity (Wildman–Crippen MR) is 119 cm³/mol. The van der Waals surface area contributed by atoms with E-state index in [0.717, 1.165) is 11.3 Å². The number of benzene rings is 2. The van der Waals surface area contributed by atoms with Crippen molar-refractivity contribution in [1.29, 1.82) is 0 Å². The number of para-hydroxylation sites is 1. The summed E-state index contributed by atoms with van der Waals surface area (Å²) in [6.45, 7) is 2.32. The highest BCUT2D eigenvalue weighted by Crippen LogP contribution is 2.32. The fourth-order valence-electron chi connectivity index (χ4n) is 3.32. The second-order valence-electron chi connectivity index (χ2n) is 7.17. The molecule has 2 aromatic heterocycles. The molecule has 1 atom stereocenters. The van der Waals surface area contributed by atoms with E-state index in [4.69, 9.17) is 9.47 Å². The number of aromatic amines is 1. The number of H-pyrrole nitrogens is 1. The summed E-state index contributed by atoms with van der Waals surface area (Å²) in [6.07, 6.45) is 1.49. The highest BCUT2D eigenvalue weighted by molar-refractivity contribution is 8.00. The van der Waals surface area contributed by atoms with Crippen LogP contribution >= 0.6 is 11.8 Å². The first-order valence-corrected chi connectivity index (χ1v) is 10.8. The molecule has 0 bridgehead atoms. The van der Waals surface area contributed by atoms with E-state index in [0.29, 0.717) is 34.2 Å². The van der Waals surface area contributed by atoms with Gasteiger partial charge in [0.05, 0.1) is 17.1 Å². The Kier molecular flexibility index (Phi) is 5.28. The van der Waals surface area contributed by atoms with Gasteiger partial charge in [0.15, 0.2) is 22.3 Å². The molecule has 32 heavy (non-hydrogen) atoms. The van der Waals surface area contributed by atoms with Gasteiger partial charge in [0, 0.05) is 6.54 Å². The Bertz CT molecular complexity index is 1350. The zero-order valence-electron chi connectivity index (χ0n) is 17.1. The molecular formula is C22H19N5O4S. The molecule has 162 valence electrons. The molecule has 2 aromatic carbocycles. The third-order valence-corrected chi connectivity index (χ3v) is 5.96. The number of ether oxygens (including phenoxy) is 2. The maximum atomic E-state index is 12.6. The van der Waals surface area contributed by atoms with Crippen LogP contribution in [0.25, 0.3) is 16.7 Å². The summed E-state index contributed by atoms with van der Waals surface area (Å²) in [5.41, 5.74) is 1.84. The van der Waals surface area contributed by atoms with Gasteiger partial charge in [-0.1, -0.05) is 36.0 Å². The highest BCUT2D eigenvalue weighted by Gasteiger charge is 2.19. The lowest BCUT2D eigenvalue weighted by molar-refractivity contribution is -0.120.